The third kappa shape index (κ3) is 4.90. The first-order valence-corrected chi connectivity index (χ1v) is 10.8. The van der Waals surface area contributed by atoms with Crippen molar-refractivity contribution in [2.75, 3.05) is 0 Å². The van der Waals surface area contributed by atoms with Crippen LogP contribution in [0.25, 0.3) is 22.3 Å². The number of halogens is 2. The van der Waals surface area contributed by atoms with E-state index in [9.17, 15) is 0 Å². The fraction of sp³-hybridized carbons (Fsp3) is 0.111. The highest BCUT2D eigenvalue weighted by atomic mass is 35.5. The van der Waals surface area contributed by atoms with E-state index in [4.69, 9.17) is 23.2 Å². The summed E-state index contributed by atoms with van der Waals surface area (Å²) in [5, 5.41) is 0. The molecule has 0 atom stereocenters. The van der Waals surface area contributed by atoms with Crippen LogP contribution < -0.4 is 0 Å². The summed E-state index contributed by atoms with van der Waals surface area (Å²) in [6.07, 6.45) is 0.928. The van der Waals surface area contributed by atoms with Crippen LogP contribution in [0, 0.1) is 0 Å². The topological polar surface area (TPSA) is 0 Å². The van der Waals surface area contributed by atoms with Crippen LogP contribution in [-0.2, 0) is 18.2 Å². The number of hydrogen-bond donors (Lipinski definition) is 0. The smallest absolute Gasteiger partial charge is 0.0474 e. The lowest BCUT2D eigenvalue weighted by molar-refractivity contribution is 1.19. The summed E-state index contributed by atoms with van der Waals surface area (Å²) in [4.78, 5) is 0. The lowest BCUT2D eigenvalue weighted by Crippen LogP contribution is -1.89. The van der Waals surface area contributed by atoms with E-state index >= 15 is 0 Å². The molecule has 0 saturated carbocycles. The Bertz CT molecular complexity index is 957. The standard InChI is InChI=1S/C27H22Cl2/c28-18-22-5-13-26(14-6-22)24-9-1-20(2-10-24)17-21-3-11-25(12-4-21)27-15-7-23(19-29)8-16-27/h1-16H,17-19H2. The molecule has 0 fully saturated rings. The Morgan fingerprint density at radius 2 is 0.586 bits per heavy atom. The van der Waals surface area contributed by atoms with Crippen LogP contribution in [0.3, 0.4) is 0 Å². The van der Waals surface area contributed by atoms with Crippen molar-refractivity contribution in [3.63, 3.8) is 0 Å². The van der Waals surface area contributed by atoms with E-state index in [0.717, 1.165) is 17.5 Å². The van der Waals surface area contributed by atoms with Gasteiger partial charge in [-0.15, -0.1) is 23.2 Å². The van der Waals surface area contributed by atoms with Crippen LogP contribution >= 0.6 is 23.2 Å². The zero-order chi connectivity index (χ0) is 20.1. The average molecular weight is 417 g/mol. The fourth-order valence-electron chi connectivity index (χ4n) is 3.44. The Hall–Kier alpha value is -2.54. The van der Waals surface area contributed by atoms with Gasteiger partial charge in [-0.05, 0) is 50.9 Å². The Balaban J connectivity index is 1.44. The summed E-state index contributed by atoms with van der Waals surface area (Å²) < 4.78 is 0. The van der Waals surface area contributed by atoms with Crippen molar-refractivity contribution in [3.05, 3.63) is 119 Å². The van der Waals surface area contributed by atoms with Gasteiger partial charge in [0.1, 0.15) is 0 Å². The molecule has 4 rings (SSSR count). The molecule has 0 spiro atoms. The minimum Gasteiger partial charge on any atom is -0.122 e. The number of benzene rings is 4. The van der Waals surface area contributed by atoms with Crippen molar-refractivity contribution in [2.24, 2.45) is 0 Å². The molecule has 0 heterocycles. The van der Waals surface area contributed by atoms with Crippen LogP contribution in [0.15, 0.2) is 97.1 Å². The van der Waals surface area contributed by atoms with E-state index in [1.807, 2.05) is 0 Å². The van der Waals surface area contributed by atoms with Crippen molar-refractivity contribution < 1.29 is 0 Å². The van der Waals surface area contributed by atoms with Gasteiger partial charge in [-0.1, -0.05) is 97.1 Å². The number of hydrogen-bond acceptors (Lipinski definition) is 0. The van der Waals surface area contributed by atoms with Gasteiger partial charge in [0.05, 0.1) is 0 Å². The predicted molar refractivity (Wildman–Crippen MR) is 126 cm³/mol. The summed E-state index contributed by atoms with van der Waals surface area (Å²) in [5.74, 6) is 1.10. The van der Waals surface area contributed by atoms with Crippen molar-refractivity contribution in [3.8, 4) is 22.3 Å². The molecule has 2 heteroatoms. The molecular formula is C27H22Cl2. The monoisotopic (exact) mass is 416 g/mol. The second-order valence-electron chi connectivity index (χ2n) is 7.23. The molecule has 0 aliphatic rings. The van der Waals surface area contributed by atoms with Gasteiger partial charge in [-0.25, -0.2) is 0 Å². The second-order valence-corrected chi connectivity index (χ2v) is 7.77. The highest BCUT2D eigenvalue weighted by Crippen LogP contribution is 2.24. The van der Waals surface area contributed by atoms with Crippen LogP contribution in [0.4, 0.5) is 0 Å². The first kappa shape index (κ1) is 19.8. The largest absolute Gasteiger partial charge is 0.122 e. The van der Waals surface area contributed by atoms with Crippen LogP contribution in [0.2, 0.25) is 0 Å². The second kappa shape index (κ2) is 9.31. The van der Waals surface area contributed by atoms with Crippen molar-refractivity contribution in [2.45, 2.75) is 18.2 Å². The predicted octanol–water partition coefficient (Wildman–Crippen LogP) is 8.09. The third-order valence-electron chi connectivity index (χ3n) is 5.20. The van der Waals surface area contributed by atoms with Gasteiger partial charge in [-0.2, -0.15) is 0 Å². The minimum absolute atomic E-state index is 0.552. The van der Waals surface area contributed by atoms with E-state index in [1.54, 1.807) is 0 Å². The van der Waals surface area contributed by atoms with Gasteiger partial charge in [0.15, 0.2) is 0 Å². The molecular weight excluding hydrogens is 395 g/mol. The molecule has 4 aromatic carbocycles. The van der Waals surface area contributed by atoms with Gasteiger partial charge in [-0.3, -0.25) is 0 Å². The van der Waals surface area contributed by atoms with Gasteiger partial charge in [0.25, 0.3) is 0 Å². The van der Waals surface area contributed by atoms with E-state index in [2.05, 4.69) is 97.1 Å². The summed E-state index contributed by atoms with van der Waals surface area (Å²) in [5.41, 5.74) is 9.80. The van der Waals surface area contributed by atoms with Crippen LogP contribution in [0.1, 0.15) is 22.3 Å². The summed E-state index contributed by atoms with van der Waals surface area (Å²) in [6.45, 7) is 0. The normalized spacial score (nSPS) is 10.8. The summed E-state index contributed by atoms with van der Waals surface area (Å²) >= 11 is 11.8. The molecule has 0 N–H and O–H groups in total. The average Bonchev–Trinajstić information content (AvgIpc) is 2.80. The summed E-state index contributed by atoms with van der Waals surface area (Å²) in [6, 6.07) is 34.5. The highest BCUT2D eigenvalue weighted by molar-refractivity contribution is 6.17. The summed E-state index contributed by atoms with van der Waals surface area (Å²) in [7, 11) is 0. The third-order valence-corrected chi connectivity index (χ3v) is 5.82. The quantitative estimate of drug-likeness (QED) is 0.278. The lowest BCUT2D eigenvalue weighted by atomic mass is 9.98. The number of alkyl halides is 2. The molecule has 29 heavy (non-hydrogen) atoms. The Labute approximate surface area is 182 Å². The fourth-order valence-corrected chi connectivity index (χ4v) is 3.79. The maximum atomic E-state index is 5.88. The zero-order valence-corrected chi connectivity index (χ0v) is 17.6. The SMILES string of the molecule is ClCc1ccc(-c2ccc(Cc3ccc(-c4ccc(CCl)cc4)cc3)cc2)cc1. The van der Waals surface area contributed by atoms with E-state index in [-0.39, 0.29) is 0 Å². The highest BCUT2D eigenvalue weighted by Gasteiger charge is 2.02. The van der Waals surface area contributed by atoms with Crippen molar-refractivity contribution in [1.29, 1.82) is 0 Å². The maximum Gasteiger partial charge on any atom is 0.0474 e. The first-order chi connectivity index (χ1) is 14.2. The molecule has 0 unspecified atom stereocenters. The number of rotatable bonds is 6. The van der Waals surface area contributed by atoms with E-state index in [0.29, 0.717) is 11.8 Å². The maximum absolute atomic E-state index is 5.88. The van der Waals surface area contributed by atoms with E-state index < -0.39 is 0 Å². The molecule has 0 nitrogen and oxygen atoms in total. The van der Waals surface area contributed by atoms with Crippen LogP contribution in [-0.4, -0.2) is 0 Å². The molecule has 0 radical (unpaired) electrons. The van der Waals surface area contributed by atoms with Crippen molar-refractivity contribution >= 4 is 23.2 Å². The van der Waals surface area contributed by atoms with Crippen molar-refractivity contribution in [1.82, 2.24) is 0 Å². The zero-order valence-electron chi connectivity index (χ0n) is 16.1. The molecule has 0 bridgehead atoms. The van der Waals surface area contributed by atoms with Gasteiger partial charge >= 0.3 is 0 Å². The first-order valence-electron chi connectivity index (χ1n) is 9.73. The molecule has 4 aromatic rings. The minimum atomic E-state index is 0.552. The van der Waals surface area contributed by atoms with E-state index in [1.165, 1.54) is 33.4 Å². The molecule has 144 valence electrons. The molecule has 0 aromatic heterocycles. The molecule has 0 aliphatic heterocycles. The Morgan fingerprint density at radius 1 is 0.345 bits per heavy atom. The molecule has 0 saturated heterocycles. The Morgan fingerprint density at radius 3 is 0.828 bits per heavy atom. The van der Waals surface area contributed by atoms with Gasteiger partial charge in [0, 0.05) is 11.8 Å². The lowest BCUT2D eigenvalue weighted by Gasteiger charge is -2.07. The van der Waals surface area contributed by atoms with Gasteiger partial charge in [0.2, 0.25) is 0 Å². The molecule has 0 aliphatic carbocycles. The molecule has 0 amide bonds. The van der Waals surface area contributed by atoms with Crippen LogP contribution in [0.5, 0.6) is 0 Å². The Kier molecular flexibility index (Phi) is 6.34. The van der Waals surface area contributed by atoms with Gasteiger partial charge < -0.3 is 0 Å².